The summed E-state index contributed by atoms with van der Waals surface area (Å²) in [5.74, 6) is -1.37. The summed E-state index contributed by atoms with van der Waals surface area (Å²) in [4.78, 5) is 11.4. The Hall–Kier alpha value is -0.250. The van der Waals surface area contributed by atoms with Gasteiger partial charge in [0.05, 0.1) is 3.57 Å². The van der Waals surface area contributed by atoms with Crippen molar-refractivity contribution in [1.29, 1.82) is 0 Å². The van der Waals surface area contributed by atoms with E-state index >= 15 is 0 Å². The van der Waals surface area contributed by atoms with E-state index in [-0.39, 0.29) is 11.3 Å². The van der Waals surface area contributed by atoms with E-state index in [0.29, 0.717) is 9.13 Å². The molecule has 15 heavy (non-hydrogen) atoms. The number of hydrogen-bond acceptors (Lipinski definition) is 4. The highest BCUT2D eigenvalue weighted by Crippen LogP contribution is 2.39. The van der Waals surface area contributed by atoms with Gasteiger partial charge in [-0.3, -0.25) is 0 Å². The van der Waals surface area contributed by atoms with Crippen LogP contribution in [-0.2, 0) is 3.07 Å². The molecule has 0 heterocycles. The van der Waals surface area contributed by atoms with Gasteiger partial charge in [0.15, 0.2) is 34.5 Å². The van der Waals surface area contributed by atoms with E-state index < -0.39 is 11.7 Å². The average molecular weight is 434 g/mol. The van der Waals surface area contributed by atoms with Crippen LogP contribution >= 0.6 is 45.6 Å². The number of carbonyl (C=O) groups excluding carboxylic acids is 1. The molecule has 2 N–H and O–H groups in total. The van der Waals surface area contributed by atoms with Crippen LogP contribution in [0.2, 0.25) is 0 Å². The van der Waals surface area contributed by atoms with Gasteiger partial charge in [0.1, 0.15) is 5.56 Å². The summed E-state index contributed by atoms with van der Waals surface area (Å²) in [6, 6.07) is 0. The largest absolute Gasteiger partial charge is 0.504 e. The van der Waals surface area contributed by atoms with Gasteiger partial charge in [-0.05, 0) is 47.6 Å². The minimum Gasteiger partial charge on any atom is -0.504 e. The van der Waals surface area contributed by atoms with Gasteiger partial charge in [-0.25, -0.2) is 4.79 Å². The number of phenolic OH excluding ortho intramolecular Hbond substituents is 2. The predicted octanol–water partition coefficient (Wildman–Crippen LogP) is 2.83. The van der Waals surface area contributed by atoms with Crippen LogP contribution in [0, 0.1) is 17.4 Å². The van der Waals surface area contributed by atoms with Crippen LogP contribution in [0.25, 0.3) is 0 Å². The van der Waals surface area contributed by atoms with Crippen molar-refractivity contribution in [3.8, 4) is 11.5 Å². The van der Waals surface area contributed by atoms with Crippen molar-refractivity contribution in [1.82, 2.24) is 0 Å². The molecule has 0 aliphatic heterocycles. The first-order valence-electron chi connectivity index (χ1n) is 3.95. The monoisotopic (exact) mass is 434 g/mol. The highest BCUT2D eigenvalue weighted by atomic mass is 127. The van der Waals surface area contributed by atoms with E-state index in [1.807, 2.05) is 22.6 Å². The van der Waals surface area contributed by atoms with Crippen LogP contribution in [0.1, 0.15) is 21.5 Å². The Balaban J connectivity index is 3.60. The fraction of sp³-hybridized carbons (Fsp3) is 0.222. The molecular formula is C9H8I2O4. The SMILES string of the molecule is Cc1c(C)c(C(=O)OI)c(O)c(O)c1I. The van der Waals surface area contributed by atoms with E-state index in [0.717, 1.165) is 5.56 Å². The lowest BCUT2D eigenvalue weighted by atomic mass is 10.0. The standard InChI is InChI=1S/C9H8I2O4/c1-3-4(2)6(10)8(13)7(12)5(3)9(14)15-11/h12-13H,1-2H3. The first-order chi connectivity index (χ1) is 6.91. The number of phenols is 2. The maximum Gasteiger partial charge on any atom is 0.351 e. The van der Waals surface area contributed by atoms with Crippen molar-refractivity contribution in [2.75, 3.05) is 0 Å². The van der Waals surface area contributed by atoms with Gasteiger partial charge in [0.2, 0.25) is 0 Å². The third-order valence-electron chi connectivity index (χ3n) is 2.21. The number of hydrogen-bond donors (Lipinski definition) is 2. The third kappa shape index (κ3) is 2.14. The number of rotatable bonds is 1. The molecule has 0 saturated heterocycles. The first-order valence-corrected chi connectivity index (χ1v) is 5.91. The third-order valence-corrected chi connectivity index (χ3v) is 3.93. The Kier molecular flexibility index (Phi) is 4.04. The summed E-state index contributed by atoms with van der Waals surface area (Å²) in [6.07, 6.45) is 0. The molecule has 0 bridgehead atoms. The van der Waals surface area contributed by atoms with Crippen LogP contribution in [0.15, 0.2) is 0 Å². The fourth-order valence-corrected chi connectivity index (χ4v) is 2.10. The minimum atomic E-state index is -0.666. The van der Waals surface area contributed by atoms with Crippen LogP contribution < -0.4 is 0 Å². The van der Waals surface area contributed by atoms with Crippen LogP contribution in [0.5, 0.6) is 11.5 Å². The van der Waals surface area contributed by atoms with E-state index in [1.54, 1.807) is 13.8 Å². The van der Waals surface area contributed by atoms with Gasteiger partial charge >= 0.3 is 5.97 Å². The second kappa shape index (κ2) is 4.73. The molecule has 0 atom stereocenters. The molecule has 1 aromatic rings. The molecule has 0 spiro atoms. The minimum absolute atomic E-state index is 0.0137. The molecule has 0 unspecified atom stereocenters. The summed E-state index contributed by atoms with van der Waals surface area (Å²) in [5, 5.41) is 19.2. The maximum atomic E-state index is 11.4. The molecule has 4 nitrogen and oxygen atoms in total. The molecule has 0 saturated carbocycles. The highest BCUT2D eigenvalue weighted by Gasteiger charge is 2.23. The Morgan fingerprint density at radius 1 is 1.20 bits per heavy atom. The molecule has 0 aromatic heterocycles. The second-order valence-corrected chi connectivity index (χ2v) is 4.52. The molecule has 1 aromatic carbocycles. The van der Waals surface area contributed by atoms with Gasteiger partial charge in [0, 0.05) is 0 Å². The fourth-order valence-electron chi connectivity index (χ4n) is 1.22. The Morgan fingerprint density at radius 2 is 1.73 bits per heavy atom. The topological polar surface area (TPSA) is 66.8 Å². The number of halogens is 2. The van der Waals surface area contributed by atoms with Gasteiger partial charge in [0.25, 0.3) is 0 Å². The zero-order valence-corrected chi connectivity index (χ0v) is 12.3. The van der Waals surface area contributed by atoms with E-state index in [4.69, 9.17) is 0 Å². The van der Waals surface area contributed by atoms with E-state index in [9.17, 15) is 15.0 Å². The van der Waals surface area contributed by atoms with Crippen molar-refractivity contribution in [2.45, 2.75) is 13.8 Å². The Morgan fingerprint density at radius 3 is 2.20 bits per heavy atom. The number of carbonyl (C=O) groups is 1. The van der Waals surface area contributed by atoms with Gasteiger partial charge in [-0.1, -0.05) is 0 Å². The molecule has 0 aliphatic rings. The van der Waals surface area contributed by atoms with E-state index in [2.05, 4.69) is 3.07 Å². The Labute approximate surface area is 114 Å². The summed E-state index contributed by atoms with van der Waals surface area (Å²) in [7, 11) is 0. The lowest BCUT2D eigenvalue weighted by Gasteiger charge is -2.12. The smallest absolute Gasteiger partial charge is 0.351 e. The lowest BCUT2D eigenvalue weighted by Crippen LogP contribution is -2.04. The Bertz CT molecular complexity index is 400. The molecule has 1 rings (SSSR count). The summed E-state index contributed by atoms with van der Waals surface area (Å²) in [5.41, 5.74) is 1.37. The van der Waals surface area contributed by atoms with Crippen molar-refractivity contribution < 1.29 is 18.1 Å². The number of aromatic hydroxyl groups is 2. The van der Waals surface area contributed by atoms with Crippen molar-refractivity contribution in [3.05, 3.63) is 20.3 Å². The van der Waals surface area contributed by atoms with Crippen LogP contribution in [0.4, 0.5) is 0 Å². The summed E-state index contributed by atoms with van der Waals surface area (Å²) in [6.45, 7) is 3.46. The van der Waals surface area contributed by atoms with Gasteiger partial charge in [-0.2, -0.15) is 0 Å². The number of benzene rings is 1. The first kappa shape index (κ1) is 12.8. The molecule has 82 valence electrons. The predicted molar refractivity (Wildman–Crippen MR) is 71.4 cm³/mol. The summed E-state index contributed by atoms with van der Waals surface area (Å²) < 4.78 is 5.04. The molecule has 0 fully saturated rings. The molecule has 0 amide bonds. The normalized spacial score (nSPS) is 10.1. The summed E-state index contributed by atoms with van der Waals surface area (Å²) >= 11 is 3.35. The average Bonchev–Trinajstić information content (AvgIpc) is 2.23. The van der Waals surface area contributed by atoms with Crippen molar-refractivity contribution in [3.63, 3.8) is 0 Å². The second-order valence-electron chi connectivity index (χ2n) is 3.00. The zero-order chi connectivity index (χ0) is 11.7. The molecule has 0 radical (unpaired) electrons. The van der Waals surface area contributed by atoms with Gasteiger partial charge < -0.3 is 13.3 Å². The van der Waals surface area contributed by atoms with Gasteiger partial charge in [-0.15, -0.1) is 0 Å². The molecular weight excluding hydrogens is 426 g/mol. The van der Waals surface area contributed by atoms with Crippen LogP contribution in [-0.4, -0.2) is 16.2 Å². The van der Waals surface area contributed by atoms with Crippen molar-refractivity contribution >= 4 is 51.6 Å². The van der Waals surface area contributed by atoms with Crippen molar-refractivity contribution in [2.24, 2.45) is 0 Å². The molecule has 0 aliphatic carbocycles. The zero-order valence-electron chi connectivity index (χ0n) is 7.97. The molecule has 6 heteroatoms. The quantitative estimate of drug-likeness (QED) is 0.528. The van der Waals surface area contributed by atoms with Crippen LogP contribution in [0.3, 0.4) is 0 Å². The lowest BCUT2D eigenvalue weighted by molar-refractivity contribution is 0.0795. The van der Waals surface area contributed by atoms with E-state index in [1.165, 1.54) is 23.0 Å². The highest BCUT2D eigenvalue weighted by molar-refractivity contribution is 14.1. The maximum absolute atomic E-state index is 11.4.